The Morgan fingerprint density at radius 3 is 2.39 bits per heavy atom. The zero-order valence-corrected chi connectivity index (χ0v) is 18.0. The number of methoxy groups -OCH3 is 1. The predicted molar refractivity (Wildman–Crippen MR) is 122 cm³/mol. The van der Waals surface area contributed by atoms with Crippen LogP contribution >= 0.6 is 0 Å². The summed E-state index contributed by atoms with van der Waals surface area (Å²) in [5.74, 6) is 0.0304. The highest BCUT2D eigenvalue weighted by Gasteiger charge is 2.25. The van der Waals surface area contributed by atoms with Gasteiger partial charge in [-0.3, -0.25) is 4.79 Å². The third-order valence-corrected chi connectivity index (χ3v) is 5.56. The van der Waals surface area contributed by atoms with E-state index in [9.17, 15) is 9.59 Å². The molecular formula is C26H25NO4. The summed E-state index contributed by atoms with van der Waals surface area (Å²) < 4.78 is 12.9. The Morgan fingerprint density at radius 2 is 1.71 bits per heavy atom. The van der Waals surface area contributed by atoms with Gasteiger partial charge in [-0.2, -0.15) is 0 Å². The van der Waals surface area contributed by atoms with Crippen molar-refractivity contribution < 1.29 is 19.1 Å². The molecule has 0 N–H and O–H groups in total. The van der Waals surface area contributed by atoms with E-state index in [1.54, 1.807) is 6.92 Å². The highest BCUT2D eigenvalue weighted by molar-refractivity contribution is 6.18. The van der Waals surface area contributed by atoms with Crippen LogP contribution in [0, 0.1) is 0 Å². The number of fused-ring (bicyclic) bond motifs is 3. The number of nitrogens with zero attached hydrogens (tertiary/aromatic N) is 1. The Kier molecular flexibility index (Phi) is 5.76. The molecule has 31 heavy (non-hydrogen) atoms. The van der Waals surface area contributed by atoms with Crippen LogP contribution in [0.15, 0.2) is 60.7 Å². The second kappa shape index (κ2) is 8.64. The summed E-state index contributed by atoms with van der Waals surface area (Å²) in [4.78, 5) is 24.6. The van der Waals surface area contributed by atoms with Crippen LogP contribution < -0.4 is 4.74 Å². The monoisotopic (exact) mass is 415 g/mol. The number of esters is 1. The van der Waals surface area contributed by atoms with E-state index in [2.05, 4.69) is 29.7 Å². The lowest BCUT2D eigenvalue weighted by molar-refractivity contribution is -0.142. The predicted octanol–water partition coefficient (Wildman–Crippen LogP) is 5.16. The van der Waals surface area contributed by atoms with Crippen LogP contribution in [0.2, 0.25) is 0 Å². The number of carbonyl (C=O) groups excluding carboxylic acids is 2. The fourth-order valence-electron chi connectivity index (χ4n) is 4.24. The molecule has 158 valence electrons. The highest BCUT2D eigenvalue weighted by Crippen LogP contribution is 2.40. The van der Waals surface area contributed by atoms with Crippen molar-refractivity contribution in [2.24, 2.45) is 0 Å². The molecule has 0 spiro atoms. The van der Waals surface area contributed by atoms with Crippen LogP contribution in [0.3, 0.4) is 0 Å². The van der Waals surface area contributed by atoms with Gasteiger partial charge in [0, 0.05) is 23.2 Å². The number of aromatic nitrogens is 1. The molecular weight excluding hydrogens is 390 g/mol. The second-order valence-corrected chi connectivity index (χ2v) is 7.49. The molecule has 0 atom stereocenters. The highest BCUT2D eigenvalue weighted by atomic mass is 16.6. The third-order valence-electron chi connectivity index (χ3n) is 5.56. The number of rotatable bonds is 7. The number of ether oxygens (including phenoxy) is 2. The number of hydrogen-bond acceptors (Lipinski definition) is 4. The van der Waals surface area contributed by atoms with Gasteiger partial charge in [0.15, 0.2) is 12.4 Å². The molecule has 0 saturated carbocycles. The standard InChI is InChI=1S/C26H25NO4/c1-4-21-24(17(2)28)25-22(31-16-23(29)30-3)14-19-12-8-9-13-20(19)26(25)27(21)15-18-10-6-5-7-11-18/h5-14H,4,15-16H2,1-3H3. The molecule has 5 heteroatoms. The van der Waals surface area contributed by atoms with Gasteiger partial charge in [0.2, 0.25) is 0 Å². The van der Waals surface area contributed by atoms with Crippen LogP contribution in [0.4, 0.5) is 0 Å². The zero-order chi connectivity index (χ0) is 22.0. The maximum Gasteiger partial charge on any atom is 0.343 e. The quantitative estimate of drug-likeness (QED) is 0.309. The third kappa shape index (κ3) is 3.79. The van der Waals surface area contributed by atoms with Gasteiger partial charge in [0.05, 0.1) is 18.0 Å². The van der Waals surface area contributed by atoms with E-state index in [0.717, 1.165) is 32.9 Å². The summed E-state index contributed by atoms with van der Waals surface area (Å²) in [5.41, 5.74) is 3.71. The van der Waals surface area contributed by atoms with Crippen molar-refractivity contribution in [3.05, 3.63) is 77.5 Å². The SMILES string of the molecule is CCc1c(C(C)=O)c2c(OCC(=O)OC)cc3ccccc3c2n1Cc1ccccc1. The molecule has 0 aliphatic carbocycles. The van der Waals surface area contributed by atoms with E-state index in [0.29, 0.717) is 24.3 Å². The summed E-state index contributed by atoms with van der Waals surface area (Å²) in [5, 5.41) is 2.78. The number of carbonyl (C=O) groups is 2. The number of Topliss-reactive ketones (excluding diaryl/α,β-unsaturated/α-hetero) is 1. The number of ketones is 1. The van der Waals surface area contributed by atoms with Crippen molar-refractivity contribution >= 4 is 33.4 Å². The summed E-state index contributed by atoms with van der Waals surface area (Å²) in [6.07, 6.45) is 0.696. The van der Waals surface area contributed by atoms with Crippen LogP contribution in [0.1, 0.15) is 35.5 Å². The molecule has 0 saturated heterocycles. The van der Waals surface area contributed by atoms with Crippen molar-refractivity contribution in [3.8, 4) is 5.75 Å². The van der Waals surface area contributed by atoms with Gasteiger partial charge in [-0.1, -0.05) is 61.5 Å². The van der Waals surface area contributed by atoms with E-state index in [1.807, 2.05) is 42.5 Å². The lowest BCUT2D eigenvalue weighted by Crippen LogP contribution is -2.13. The average molecular weight is 415 g/mol. The number of benzene rings is 3. The molecule has 4 aromatic rings. The van der Waals surface area contributed by atoms with Crippen LogP contribution in [-0.2, 0) is 22.5 Å². The van der Waals surface area contributed by atoms with E-state index in [4.69, 9.17) is 9.47 Å². The molecule has 0 fully saturated rings. The molecule has 0 amide bonds. The molecule has 4 rings (SSSR count). The first-order chi connectivity index (χ1) is 15.0. The summed E-state index contributed by atoms with van der Waals surface area (Å²) in [6, 6.07) is 20.1. The molecule has 1 aromatic heterocycles. The molecule has 0 aliphatic rings. The Balaban J connectivity index is 2.07. The van der Waals surface area contributed by atoms with Crippen molar-refractivity contribution in [1.29, 1.82) is 0 Å². The molecule has 1 heterocycles. The molecule has 3 aromatic carbocycles. The lowest BCUT2D eigenvalue weighted by atomic mass is 10.0. The lowest BCUT2D eigenvalue weighted by Gasteiger charge is -2.13. The minimum Gasteiger partial charge on any atom is -0.481 e. The molecule has 5 nitrogen and oxygen atoms in total. The van der Waals surface area contributed by atoms with Crippen LogP contribution in [-0.4, -0.2) is 30.0 Å². The van der Waals surface area contributed by atoms with Crippen molar-refractivity contribution in [2.45, 2.75) is 26.8 Å². The van der Waals surface area contributed by atoms with E-state index in [-0.39, 0.29) is 12.4 Å². The maximum atomic E-state index is 12.8. The largest absolute Gasteiger partial charge is 0.481 e. The Hall–Kier alpha value is -3.60. The van der Waals surface area contributed by atoms with Gasteiger partial charge in [-0.15, -0.1) is 0 Å². The molecule has 0 bridgehead atoms. The van der Waals surface area contributed by atoms with Gasteiger partial charge in [0.1, 0.15) is 5.75 Å². The first-order valence-corrected chi connectivity index (χ1v) is 10.4. The summed E-state index contributed by atoms with van der Waals surface area (Å²) in [6.45, 7) is 4.06. The fraction of sp³-hybridized carbons (Fsp3) is 0.231. The Morgan fingerprint density at radius 1 is 1.00 bits per heavy atom. The minimum atomic E-state index is -0.467. The second-order valence-electron chi connectivity index (χ2n) is 7.49. The minimum absolute atomic E-state index is 0.0214. The fourth-order valence-corrected chi connectivity index (χ4v) is 4.24. The summed E-state index contributed by atoms with van der Waals surface area (Å²) >= 11 is 0. The van der Waals surface area contributed by atoms with Gasteiger partial charge in [-0.25, -0.2) is 4.79 Å². The van der Waals surface area contributed by atoms with Gasteiger partial charge in [-0.05, 0) is 30.4 Å². The molecule has 0 radical (unpaired) electrons. The first-order valence-electron chi connectivity index (χ1n) is 10.4. The smallest absolute Gasteiger partial charge is 0.343 e. The maximum absolute atomic E-state index is 12.8. The van der Waals surface area contributed by atoms with Gasteiger partial charge >= 0.3 is 5.97 Å². The topological polar surface area (TPSA) is 57.5 Å². The van der Waals surface area contributed by atoms with E-state index >= 15 is 0 Å². The van der Waals surface area contributed by atoms with Crippen molar-refractivity contribution in [2.75, 3.05) is 13.7 Å². The van der Waals surface area contributed by atoms with Gasteiger partial charge in [0.25, 0.3) is 0 Å². The normalized spacial score (nSPS) is 11.1. The molecule has 0 unspecified atom stereocenters. The first kappa shape index (κ1) is 20.7. The van der Waals surface area contributed by atoms with E-state index < -0.39 is 5.97 Å². The van der Waals surface area contributed by atoms with Crippen LogP contribution in [0.5, 0.6) is 5.75 Å². The number of hydrogen-bond donors (Lipinski definition) is 0. The summed E-state index contributed by atoms with van der Waals surface area (Å²) in [7, 11) is 1.33. The van der Waals surface area contributed by atoms with Crippen LogP contribution in [0.25, 0.3) is 21.7 Å². The zero-order valence-electron chi connectivity index (χ0n) is 18.0. The molecule has 0 aliphatic heterocycles. The van der Waals surface area contributed by atoms with Crippen molar-refractivity contribution in [1.82, 2.24) is 4.57 Å². The van der Waals surface area contributed by atoms with E-state index in [1.165, 1.54) is 7.11 Å². The Labute approximate surface area is 181 Å². The Bertz CT molecular complexity index is 1270. The van der Waals surface area contributed by atoms with Crippen molar-refractivity contribution in [3.63, 3.8) is 0 Å². The van der Waals surface area contributed by atoms with Gasteiger partial charge < -0.3 is 14.0 Å². The average Bonchev–Trinajstić information content (AvgIpc) is 3.12.